The lowest BCUT2D eigenvalue weighted by molar-refractivity contribution is 0.102. The third-order valence-electron chi connectivity index (χ3n) is 6.26. The van der Waals surface area contributed by atoms with Gasteiger partial charge in [-0.2, -0.15) is 0 Å². The van der Waals surface area contributed by atoms with Crippen molar-refractivity contribution in [1.82, 2.24) is 29.3 Å². The van der Waals surface area contributed by atoms with Crippen LogP contribution in [0.25, 0.3) is 17.2 Å². The third-order valence-corrected chi connectivity index (χ3v) is 6.26. The van der Waals surface area contributed by atoms with Gasteiger partial charge in [0.1, 0.15) is 17.3 Å². The van der Waals surface area contributed by atoms with Crippen LogP contribution in [0.15, 0.2) is 48.9 Å². The second kappa shape index (κ2) is 7.40. The molecule has 1 N–H and O–H groups in total. The topological polar surface area (TPSA) is 90.5 Å². The van der Waals surface area contributed by atoms with E-state index in [0.717, 1.165) is 48.0 Å². The lowest BCUT2D eigenvalue weighted by atomic mass is 10.1. The van der Waals surface area contributed by atoms with Crippen LogP contribution in [0.3, 0.4) is 0 Å². The number of pyridine rings is 1. The molecule has 0 saturated heterocycles. The van der Waals surface area contributed by atoms with Crippen LogP contribution in [0.2, 0.25) is 0 Å². The molecule has 32 heavy (non-hydrogen) atoms. The lowest BCUT2D eigenvalue weighted by Crippen LogP contribution is -2.15. The molecule has 4 heterocycles. The van der Waals surface area contributed by atoms with Crippen molar-refractivity contribution >= 4 is 11.7 Å². The van der Waals surface area contributed by atoms with Gasteiger partial charge in [-0.05, 0) is 56.0 Å². The molecule has 160 valence electrons. The van der Waals surface area contributed by atoms with Crippen molar-refractivity contribution in [2.45, 2.75) is 45.1 Å². The Labute approximate surface area is 185 Å². The number of hydrogen-bond acceptors (Lipinski definition) is 5. The fraction of sp³-hybridized carbons (Fsp3) is 0.292. The molecule has 0 unspecified atom stereocenters. The van der Waals surface area contributed by atoms with E-state index in [4.69, 9.17) is 0 Å². The summed E-state index contributed by atoms with van der Waals surface area (Å²) in [6.07, 6.45) is 8.34. The quantitative estimate of drug-likeness (QED) is 0.524. The van der Waals surface area contributed by atoms with E-state index in [-0.39, 0.29) is 5.91 Å². The first kappa shape index (κ1) is 18.9. The van der Waals surface area contributed by atoms with Crippen LogP contribution >= 0.6 is 0 Å². The third kappa shape index (κ3) is 3.28. The van der Waals surface area contributed by atoms with Crippen molar-refractivity contribution in [3.8, 4) is 17.2 Å². The molecule has 0 radical (unpaired) electrons. The second-order valence-corrected chi connectivity index (χ2v) is 8.49. The summed E-state index contributed by atoms with van der Waals surface area (Å²) in [5, 5.41) is 11.5. The smallest absolute Gasteiger partial charge is 0.257 e. The van der Waals surface area contributed by atoms with Crippen molar-refractivity contribution in [2.24, 2.45) is 0 Å². The maximum absolute atomic E-state index is 13.1. The minimum atomic E-state index is -0.192. The first-order valence-corrected chi connectivity index (χ1v) is 11.0. The molecule has 0 spiro atoms. The number of nitrogens with one attached hydrogen (secondary N) is 1. The molecule has 0 atom stereocenters. The number of aryl methyl sites for hydroxylation is 1. The van der Waals surface area contributed by atoms with Crippen LogP contribution in [0, 0.1) is 6.92 Å². The number of imidazole rings is 1. The number of rotatable bonds is 5. The number of amides is 1. The maximum Gasteiger partial charge on any atom is 0.257 e. The van der Waals surface area contributed by atoms with E-state index >= 15 is 0 Å². The number of carbonyl (C=O) groups excluding carboxylic acids is 1. The summed E-state index contributed by atoms with van der Waals surface area (Å²) in [6.45, 7) is 2.86. The van der Waals surface area contributed by atoms with E-state index < -0.39 is 0 Å². The first-order valence-electron chi connectivity index (χ1n) is 11.0. The summed E-state index contributed by atoms with van der Waals surface area (Å²) in [4.78, 5) is 22.3. The van der Waals surface area contributed by atoms with Crippen molar-refractivity contribution in [3.05, 3.63) is 71.6 Å². The number of anilines is 1. The van der Waals surface area contributed by atoms with Gasteiger partial charge >= 0.3 is 0 Å². The van der Waals surface area contributed by atoms with Gasteiger partial charge in [0.2, 0.25) is 0 Å². The van der Waals surface area contributed by atoms with Gasteiger partial charge in [0.15, 0.2) is 5.82 Å². The molecule has 6 rings (SSSR count). The Morgan fingerprint density at radius 1 is 1.12 bits per heavy atom. The Balaban J connectivity index is 1.26. The minimum Gasteiger partial charge on any atom is -0.310 e. The van der Waals surface area contributed by atoms with E-state index in [1.165, 1.54) is 12.8 Å². The number of benzene rings is 1. The van der Waals surface area contributed by atoms with E-state index in [1.54, 1.807) is 6.07 Å². The molecule has 1 aromatic carbocycles. The number of fused-ring (bicyclic) bond motifs is 1. The SMILES string of the molecule is Cc1c(C(=O)Nc2cccc(-c3nnc4n3CCC4)n2)cccc1-n1cnc(C2CC2)c1. The highest BCUT2D eigenvalue weighted by Gasteiger charge is 2.26. The monoisotopic (exact) mass is 425 g/mol. The zero-order chi connectivity index (χ0) is 21.7. The molecular formula is C24H23N7O. The number of nitrogens with zero attached hydrogens (tertiary/aromatic N) is 6. The van der Waals surface area contributed by atoms with Crippen molar-refractivity contribution in [1.29, 1.82) is 0 Å². The predicted molar refractivity (Wildman–Crippen MR) is 120 cm³/mol. The second-order valence-electron chi connectivity index (χ2n) is 8.49. The number of hydrogen-bond donors (Lipinski definition) is 1. The summed E-state index contributed by atoms with van der Waals surface area (Å²) in [5.41, 5.74) is 4.30. The molecule has 1 aliphatic carbocycles. The fourth-order valence-electron chi connectivity index (χ4n) is 4.36. The average Bonchev–Trinajstić information content (AvgIpc) is 3.18. The van der Waals surface area contributed by atoms with Gasteiger partial charge in [0, 0.05) is 30.6 Å². The summed E-state index contributed by atoms with van der Waals surface area (Å²) in [5.74, 6) is 2.63. The highest BCUT2D eigenvalue weighted by molar-refractivity contribution is 6.05. The van der Waals surface area contributed by atoms with E-state index in [0.29, 0.717) is 23.0 Å². The molecule has 8 nitrogen and oxygen atoms in total. The first-order chi connectivity index (χ1) is 15.7. The average molecular weight is 425 g/mol. The van der Waals surface area contributed by atoms with Gasteiger partial charge in [-0.15, -0.1) is 10.2 Å². The minimum absolute atomic E-state index is 0.192. The Hall–Kier alpha value is -3.81. The number of carbonyl (C=O) groups is 1. The normalized spacial score (nSPS) is 15.0. The summed E-state index contributed by atoms with van der Waals surface area (Å²) < 4.78 is 4.10. The van der Waals surface area contributed by atoms with Crippen LogP contribution < -0.4 is 5.32 Å². The fourth-order valence-corrected chi connectivity index (χ4v) is 4.36. The molecule has 1 fully saturated rings. The van der Waals surface area contributed by atoms with Crippen LogP contribution in [0.5, 0.6) is 0 Å². The van der Waals surface area contributed by atoms with Crippen LogP contribution in [-0.2, 0) is 13.0 Å². The lowest BCUT2D eigenvalue weighted by Gasteiger charge is -2.12. The van der Waals surface area contributed by atoms with Gasteiger partial charge in [0.05, 0.1) is 17.7 Å². The largest absolute Gasteiger partial charge is 0.310 e. The molecular weight excluding hydrogens is 402 g/mol. The van der Waals surface area contributed by atoms with Gasteiger partial charge < -0.3 is 14.5 Å². The van der Waals surface area contributed by atoms with Crippen molar-refractivity contribution in [2.75, 3.05) is 5.32 Å². The Morgan fingerprint density at radius 3 is 2.88 bits per heavy atom. The van der Waals surface area contributed by atoms with E-state index in [9.17, 15) is 4.79 Å². The number of aromatic nitrogens is 6. The highest BCUT2D eigenvalue weighted by Crippen LogP contribution is 2.39. The zero-order valence-corrected chi connectivity index (χ0v) is 17.8. The van der Waals surface area contributed by atoms with E-state index in [1.807, 2.05) is 48.1 Å². The molecule has 8 heteroatoms. The maximum atomic E-state index is 13.1. The van der Waals surface area contributed by atoms with Gasteiger partial charge in [0.25, 0.3) is 5.91 Å². The van der Waals surface area contributed by atoms with Crippen LogP contribution in [0.1, 0.15) is 52.6 Å². The Bertz CT molecular complexity index is 1330. The Morgan fingerprint density at radius 2 is 2.00 bits per heavy atom. The molecule has 3 aromatic heterocycles. The van der Waals surface area contributed by atoms with E-state index in [2.05, 4.69) is 36.2 Å². The molecule has 0 bridgehead atoms. The van der Waals surface area contributed by atoms with Crippen molar-refractivity contribution < 1.29 is 4.79 Å². The summed E-state index contributed by atoms with van der Waals surface area (Å²) in [7, 11) is 0. The molecule has 1 aliphatic heterocycles. The molecule has 1 saturated carbocycles. The zero-order valence-electron chi connectivity index (χ0n) is 17.8. The van der Waals surface area contributed by atoms with Gasteiger partial charge in [-0.3, -0.25) is 4.79 Å². The summed E-state index contributed by atoms with van der Waals surface area (Å²) >= 11 is 0. The molecule has 4 aromatic rings. The van der Waals surface area contributed by atoms with Crippen molar-refractivity contribution in [3.63, 3.8) is 0 Å². The highest BCUT2D eigenvalue weighted by atomic mass is 16.1. The molecule has 1 amide bonds. The Kier molecular flexibility index (Phi) is 4.38. The summed E-state index contributed by atoms with van der Waals surface area (Å²) in [6, 6.07) is 11.3. The standard InChI is InChI=1S/C24H23N7O/c1-15-17(5-2-7-20(15)30-13-19(25-14-30)16-10-11-16)24(32)27-21-8-3-6-18(26-21)23-29-28-22-9-4-12-31(22)23/h2-3,5-8,13-14,16H,4,9-12H2,1H3,(H,26,27,32). The van der Waals surface area contributed by atoms with Gasteiger partial charge in [-0.25, -0.2) is 9.97 Å². The van der Waals surface area contributed by atoms with Crippen LogP contribution in [-0.4, -0.2) is 35.2 Å². The molecule has 2 aliphatic rings. The van der Waals surface area contributed by atoms with Gasteiger partial charge in [-0.1, -0.05) is 12.1 Å². The predicted octanol–water partition coefficient (Wildman–Crippen LogP) is 3.91. The van der Waals surface area contributed by atoms with Crippen LogP contribution in [0.4, 0.5) is 5.82 Å².